The van der Waals surface area contributed by atoms with Crippen molar-refractivity contribution in [1.29, 1.82) is 0 Å². The summed E-state index contributed by atoms with van der Waals surface area (Å²) in [5, 5.41) is 4.14. The van der Waals surface area contributed by atoms with Gasteiger partial charge in [-0.15, -0.1) is 0 Å². The van der Waals surface area contributed by atoms with Gasteiger partial charge in [-0.1, -0.05) is 54.6 Å². The van der Waals surface area contributed by atoms with E-state index in [0.29, 0.717) is 0 Å². The molecule has 0 amide bonds. The van der Waals surface area contributed by atoms with E-state index in [4.69, 9.17) is 4.42 Å². The molecule has 3 heteroatoms. The van der Waals surface area contributed by atoms with Crippen LogP contribution in [0.15, 0.2) is 114 Å². The van der Waals surface area contributed by atoms with Crippen LogP contribution in [0.4, 0.5) is 0 Å². The molecule has 1 heterocycles. The van der Waals surface area contributed by atoms with E-state index in [0.717, 1.165) is 11.9 Å². The van der Waals surface area contributed by atoms with E-state index < -0.39 is 7.26 Å². The van der Waals surface area contributed by atoms with E-state index in [2.05, 4.69) is 97.1 Å². The Labute approximate surface area is 165 Å². The van der Waals surface area contributed by atoms with Crippen LogP contribution in [-0.2, 0) is 6.16 Å². The number of benzene rings is 3. The topological polar surface area (TPSA) is 13.1 Å². The maximum atomic E-state index is 5.78. The lowest BCUT2D eigenvalue weighted by Crippen LogP contribution is -3.00. The van der Waals surface area contributed by atoms with E-state index in [1.54, 1.807) is 6.26 Å². The first-order valence-corrected chi connectivity index (χ1v) is 10.4. The van der Waals surface area contributed by atoms with Crippen molar-refractivity contribution in [2.75, 3.05) is 0 Å². The molecule has 0 N–H and O–H groups in total. The molecule has 4 rings (SSSR count). The third-order valence-electron chi connectivity index (χ3n) is 4.56. The summed E-state index contributed by atoms with van der Waals surface area (Å²) in [6.45, 7) is 0. The van der Waals surface area contributed by atoms with Gasteiger partial charge in [-0.3, -0.25) is 0 Å². The van der Waals surface area contributed by atoms with Gasteiger partial charge >= 0.3 is 0 Å². The normalized spacial score (nSPS) is 10.9. The van der Waals surface area contributed by atoms with Gasteiger partial charge in [0.2, 0.25) is 0 Å². The van der Waals surface area contributed by atoms with Crippen LogP contribution >= 0.6 is 7.26 Å². The smallest absolute Gasteiger partial charge is 0.142 e. The second kappa shape index (κ2) is 8.49. The Kier molecular flexibility index (Phi) is 6.08. The molecule has 0 aliphatic heterocycles. The summed E-state index contributed by atoms with van der Waals surface area (Å²) in [6, 6.07) is 36.7. The highest BCUT2D eigenvalue weighted by atomic mass is 79.9. The lowest BCUT2D eigenvalue weighted by atomic mass is 10.4. The molecule has 4 aromatic rings. The van der Waals surface area contributed by atoms with E-state index in [-0.39, 0.29) is 17.0 Å². The average Bonchev–Trinajstić information content (AvgIpc) is 3.21. The number of halogens is 1. The molecular weight excluding hydrogens is 403 g/mol. The number of rotatable bonds is 5. The fourth-order valence-corrected chi connectivity index (χ4v) is 7.54. The highest BCUT2D eigenvalue weighted by molar-refractivity contribution is 7.95. The predicted molar refractivity (Wildman–Crippen MR) is 108 cm³/mol. The van der Waals surface area contributed by atoms with Crippen LogP contribution in [0, 0.1) is 0 Å². The van der Waals surface area contributed by atoms with Crippen molar-refractivity contribution in [3.63, 3.8) is 0 Å². The van der Waals surface area contributed by atoms with E-state index >= 15 is 0 Å². The maximum absolute atomic E-state index is 5.78. The van der Waals surface area contributed by atoms with Gasteiger partial charge in [0.25, 0.3) is 0 Å². The van der Waals surface area contributed by atoms with Crippen LogP contribution < -0.4 is 32.9 Å². The molecule has 0 bridgehead atoms. The minimum absolute atomic E-state index is 0. The molecule has 0 atom stereocenters. The van der Waals surface area contributed by atoms with Crippen molar-refractivity contribution in [3.05, 3.63) is 115 Å². The summed E-state index contributed by atoms with van der Waals surface area (Å²) in [5.41, 5.74) is 0. The molecule has 0 fully saturated rings. The molecule has 0 radical (unpaired) electrons. The highest BCUT2D eigenvalue weighted by Crippen LogP contribution is 2.58. The fourth-order valence-electron chi connectivity index (χ4n) is 3.40. The Balaban J connectivity index is 0.00000196. The molecule has 130 valence electrons. The van der Waals surface area contributed by atoms with E-state index in [1.807, 2.05) is 6.07 Å². The maximum Gasteiger partial charge on any atom is 0.142 e. The predicted octanol–water partition coefficient (Wildman–Crippen LogP) is 1.78. The quantitative estimate of drug-likeness (QED) is 0.447. The second-order valence-corrected chi connectivity index (χ2v) is 9.54. The lowest BCUT2D eigenvalue weighted by molar-refractivity contribution is -0.00000538. The summed E-state index contributed by atoms with van der Waals surface area (Å²) >= 11 is 0. The van der Waals surface area contributed by atoms with Crippen LogP contribution in [0.1, 0.15) is 5.76 Å². The van der Waals surface area contributed by atoms with Crippen molar-refractivity contribution < 1.29 is 21.4 Å². The number of hydrogen-bond acceptors (Lipinski definition) is 1. The van der Waals surface area contributed by atoms with Gasteiger partial charge in [0.1, 0.15) is 35.1 Å². The average molecular weight is 423 g/mol. The lowest BCUT2D eigenvalue weighted by Gasteiger charge is -2.26. The second-order valence-electron chi connectivity index (χ2n) is 6.05. The van der Waals surface area contributed by atoms with Gasteiger partial charge in [-0.2, -0.15) is 0 Å². The molecule has 1 nitrogen and oxygen atoms in total. The zero-order valence-electron chi connectivity index (χ0n) is 14.3. The largest absolute Gasteiger partial charge is 1.00 e. The monoisotopic (exact) mass is 422 g/mol. The summed E-state index contributed by atoms with van der Waals surface area (Å²) in [4.78, 5) is 0. The minimum Gasteiger partial charge on any atom is -1.00 e. The van der Waals surface area contributed by atoms with Crippen LogP contribution in [-0.4, -0.2) is 0 Å². The Hall–Kier alpha value is -2.15. The van der Waals surface area contributed by atoms with Crippen LogP contribution in [0.25, 0.3) is 0 Å². The van der Waals surface area contributed by atoms with Gasteiger partial charge in [0.05, 0.1) is 6.26 Å². The molecule has 0 saturated heterocycles. The SMILES string of the molecule is [Br-].c1ccc([P+](Cc2ccco2)(c2ccccc2)c2ccccc2)cc1. The first-order valence-electron chi connectivity index (χ1n) is 8.47. The van der Waals surface area contributed by atoms with Crippen molar-refractivity contribution in [2.24, 2.45) is 0 Å². The van der Waals surface area contributed by atoms with Crippen LogP contribution in [0.3, 0.4) is 0 Å². The number of hydrogen-bond donors (Lipinski definition) is 0. The molecule has 0 spiro atoms. The van der Waals surface area contributed by atoms with Crippen molar-refractivity contribution >= 4 is 23.2 Å². The van der Waals surface area contributed by atoms with Crippen molar-refractivity contribution in [3.8, 4) is 0 Å². The molecular formula is C23H20BrOP. The van der Waals surface area contributed by atoms with Crippen molar-refractivity contribution in [2.45, 2.75) is 6.16 Å². The molecule has 0 aliphatic carbocycles. The van der Waals surface area contributed by atoms with E-state index in [9.17, 15) is 0 Å². The Morgan fingerprint density at radius 2 is 0.962 bits per heavy atom. The fraction of sp³-hybridized carbons (Fsp3) is 0.0435. The third-order valence-corrected chi connectivity index (χ3v) is 8.89. The summed E-state index contributed by atoms with van der Waals surface area (Å²) < 4.78 is 5.78. The van der Waals surface area contributed by atoms with Crippen LogP contribution in [0.2, 0.25) is 0 Å². The first-order chi connectivity index (χ1) is 12.4. The third kappa shape index (κ3) is 3.53. The van der Waals surface area contributed by atoms with Crippen molar-refractivity contribution in [1.82, 2.24) is 0 Å². The van der Waals surface area contributed by atoms with Crippen LogP contribution in [0.5, 0.6) is 0 Å². The standard InChI is InChI=1S/C23H20OP.BrH/c1-4-12-21(13-5-1)25(19-20-11-10-18-24-20,22-14-6-2-7-15-22)23-16-8-3-9-17-23;/h1-18H,19H2;1H/q+1;/p-1. The van der Waals surface area contributed by atoms with Gasteiger partial charge in [0.15, 0.2) is 0 Å². The first kappa shape index (κ1) is 18.6. The Morgan fingerprint density at radius 1 is 0.538 bits per heavy atom. The van der Waals surface area contributed by atoms with E-state index in [1.165, 1.54) is 15.9 Å². The summed E-state index contributed by atoms with van der Waals surface area (Å²) in [7, 11) is -1.84. The molecule has 26 heavy (non-hydrogen) atoms. The van der Waals surface area contributed by atoms with Gasteiger partial charge < -0.3 is 21.4 Å². The van der Waals surface area contributed by atoms with Gasteiger partial charge in [-0.05, 0) is 48.5 Å². The Bertz CT molecular complexity index is 810. The highest BCUT2D eigenvalue weighted by Gasteiger charge is 2.46. The molecule has 0 aliphatic rings. The molecule has 1 aromatic heterocycles. The van der Waals surface area contributed by atoms with Gasteiger partial charge in [-0.25, -0.2) is 0 Å². The minimum atomic E-state index is -1.84. The summed E-state index contributed by atoms with van der Waals surface area (Å²) in [5.74, 6) is 1.03. The molecule has 0 saturated carbocycles. The molecule has 3 aromatic carbocycles. The Morgan fingerprint density at radius 3 is 1.31 bits per heavy atom. The molecule has 0 unspecified atom stereocenters. The zero-order valence-corrected chi connectivity index (χ0v) is 16.8. The number of furan rings is 1. The summed E-state index contributed by atoms with van der Waals surface area (Å²) in [6.07, 6.45) is 2.66. The van der Waals surface area contributed by atoms with Gasteiger partial charge in [0, 0.05) is 0 Å². The zero-order chi connectivity index (χ0) is 17.0.